The number of nitrogens with one attached hydrogen (secondary N) is 1. The lowest BCUT2D eigenvalue weighted by Crippen LogP contribution is -2.49. The minimum absolute atomic E-state index is 0.00269. The number of aromatic nitrogens is 1. The van der Waals surface area contributed by atoms with Crippen LogP contribution in [0.1, 0.15) is 49.5 Å². The number of aryl methyl sites for hydroxylation is 1. The van der Waals surface area contributed by atoms with Crippen LogP contribution in [0.4, 0.5) is 5.69 Å². The number of nitrogens with zero attached hydrogens (tertiary/aromatic N) is 1. The molecular weight excluding hydrogens is 242 g/mol. The molecule has 5 heteroatoms. The van der Waals surface area contributed by atoms with E-state index in [0.717, 1.165) is 38.6 Å². The number of amides is 1. The zero-order valence-electron chi connectivity index (χ0n) is 11.5. The van der Waals surface area contributed by atoms with Crippen LogP contribution in [0, 0.1) is 0 Å². The van der Waals surface area contributed by atoms with Gasteiger partial charge in [-0.2, -0.15) is 0 Å². The van der Waals surface area contributed by atoms with Crippen molar-refractivity contribution in [2.24, 2.45) is 0 Å². The van der Waals surface area contributed by atoms with Crippen LogP contribution in [0.2, 0.25) is 0 Å². The molecule has 0 spiro atoms. The Bertz CT molecular complexity index is 448. The van der Waals surface area contributed by atoms with Crippen LogP contribution in [-0.4, -0.2) is 27.7 Å². The highest BCUT2D eigenvalue weighted by atomic mass is 16.3. The van der Waals surface area contributed by atoms with Crippen molar-refractivity contribution in [3.63, 3.8) is 0 Å². The fraction of sp³-hybridized carbons (Fsp3) is 0.643. The molecule has 1 saturated carbocycles. The van der Waals surface area contributed by atoms with E-state index in [2.05, 4.69) is 12.2 Å². The summed E-state index contributed by atoms with van der Waals surface area (Å²) in [6.45, 7) is 2.83. The van der Waals surface area contributed by atoms with Gasteiger partial charge in [-0.3, -0.25) is 4.79 Å². The average molecular weight is 265 g/mol. The number of aliphatic hydroxyl groups is 1. The summed E-state index contributed by atoms with van der Waals surface area (Å²) in [4.78, 5) is 12.4. The lowest BCUT2D eigenvalue weighted by Gasteiger charge is -2.28. The summed E-state index contributed by atoms with van der Waals surface area (Å²) in [6.07, 6.45) is 6.54. The van der Waals surface area contributed by atoms with E-state index in [1.54, 1.807) is 12.3 Å². The third-order valence-corrected chi connectivity index (χ3v) is 3.86. The molecule has 1 fully saturated rings. The molecule has 0 bridgehead atoms. The summed E-state index contributed by atoms with van der Waals surface area (Å²) >= 11 is 0. The van der Waals surface area contributed by atoms with Crippen LogP contribution in [0.15, 0.2) is 12.3 Å². The Kier molecular flexibility index (Phi) is 4.14. The first kappa shape index (κ1) is 13.9. The molecule has 2 rings (SSSR count). The summed E-state index contributed by atoms with van der Waals surface area (Å²) in [5, 5.41) is 12.5. The van der Waals surface area contributed by atoms with E-state index >= 15 is 0 Å². The van der Waals surface area contributed by atoms with Crippen LogP contribution >= 0.6 is 0 Å². The minimum atomic E-state index is -0.437. The van der Waals surface area contributed by atoms with Gasteiger partial charge in [-0.1, -0.05) is 19.8 Å². The monoisotopic (exact) mass is 265 g/mol. The maximum Gasteiger partial charge on any atom is 0.268 e. The minimum Gasteiger partial charge on any atom is -0.397 e. The molecule has 1 heterocycles. The predicted molar refractivity (Wildman–Crippen MR) is 74.9 cm³/mol. The molecular formula is C14H23N3O2. The van der Waals surface area contributed by atoms with Crippen molar-refractivity contribution in [3.05, 3.63) is 18.0 Å². The maximum atomic E-state index is 12.4. The molecule has 0 atom stereocenters. The summed E-state index contributed by atoms with van der Waals surface area (Å²) in [6, 6.07) is 1.70. The zero-order chi connectivity index (χ0) is 13.9. The zero-order valence-corrected chi connectivity index (χ0v) is 11.5. The summed E-state index contributed by atoms with van der Waals surface area (Å²) in [5.41, 5.74) is 6.52. The highest BCUT2D eigenvalue weighted by Gasteiger charge is 2.35. The predicted octanol–water partition coefficient (Wildman–Crippen LogP) is 1.52. The molecule has 1 amide bonds. The van der Waals surface area contributed by atoms with Gasteiger partial charge in [-0.25, -0.2) is 0 Å². The third-order valence-electron chi connectivity index (χ3n) is 3.86. The molecule has 0 unspecified atom stereocenters. The Morgan fingerprint density at radius 1 is 1.53 bits per heavy atom. The van der Waals surface area contributed by atoms with E-state index in [-0.39, 0.29) is 12.5 Å². The third kappa shape index (κ3) is 2.92. The van der Waals surface area contributed by atoms with Crippen molar-refractivity contribution in [1.29, 1.82) is 0 Å². The number of anilines is 1. The van der Waals surface area contributed by atoms with Crippen LogP contribution in [0.5, 0.6) is 0 Å². The van der Waals surface area contributed by atoms with E-state index < -0.39 is 5.54 Å². The number of rotatable bonds is 5. The highest BCUT2D eigenvalue weighted by Crippen LogP contribution is 2.29. The van der Waals surface area contributed by atoms with Crippen LogP contribution < -0.4 is 11.1 Å². The van der Waals surface area contributed by atoms with Crippen LogP contribution in [-0.2, 0) is 6.54 Å². The second kappa shape index (κ2) is 5.65. The second-order valence-corrected chi connectivity index (χ2v) is 5.45. The van der Waals surface area contributed by atoms with Gasteiger partial charge in [0.15, 0.2) is 0 Å². The largest absolute Gasteiger partial charge is 0.397 e. The fourth-order valence-electron chi connectivity index (χ4n) is 2.83. The molecule has 1 aliphatic carbocycles. The number of carbonyl (C=O) groups is 1. The van der Waals surface area contributed by atoms with Crippen molar-refractivity contribution in [3.8, 4) is 0 Å². The molecule has 0 saturated heterocycles. The molecule has 1 aliphatic rings. The van der Waals surface area contributed by atoms with Crippen molar-refractivity contribution in [2.75, 3.05) is 12.3 Å². The summed E-state index contributed by atoms with van der Waals surface area (Å²) in [7, 11) is 0. The van der Waals surface area contributed by atoms with E-state index in [4.69, 9.17) is 5.73 Å². The molecule has 1 aromatic rings. The fourth-order valence-corrected chi connectivity index (χ4v) is 2.83. The SMILES string of the molecule is CCCn1cc(N)cc1C(=O)NC1(CO)CCCC1. The highest BCUT2D eigenvalue weighted by molar-refractivity contribution is 5.94. The standard InChI is InChI=1S/C14H23N3O2/c1-2-7-17-9-11(15)8-12(17)13(19)16-14(10-18)5-3-4-6-14/h8-9,18H,2-7,10,15H2,1H3,(H,16,19). The Morgan fingerprint density at radius 3 is 2.79 bits per heavy atom. The number of nitrogens with two attached hydrogens (primary N) is 1. The smallest absolute Gasteiger partial charge is 0.268 e. The van der Waals surface area contributed by atoms with Gasteiger partial charge >= 0.3 is 0 Å². The summed E-state index contributed by atoms with van der Waals surface area (Å²) in [5.74, 6) is -0.138. The van der Waals surface area contributed by atoms with Crippen molar-refractivity contribution in [2.45, 2.75) is 51.1 Å². The van der Waals surface area contributed by atoms with Gasteiger partial charge in [-0.15, -0.1) is 0 Å². The van der Waals surface area contributed by atoms with Gasteiger partial charge in [0.1, 0.15) is 5.69 Å². The molecule has 0 radical (unpaired) electrons. The molecule has 1 aromatic heterocycles. The van der Waals surface area contributed by atoms with Gasteiger partial charge in [0.2, 0.25) is 0 Å². The van der Waals surface area contributed by atoms with Gasteiger partial charge in [0, 0.05) is 12.7 Å². The average Bonchev–Trinajstić information content (AvgIpc) is 2.97. The van der Waals surface area contributed by atoms with Crippen molar-refractivity contribution >= 4 is 11.6 Å². The number of hydrogen-bond donors (Lipinski definition) is 3. The number of hydrogen-bond acceptors (Lipinski definition) is 3. The van der Waals surface area contributed by atoms with E-state index in [1.807, 2.05) is 4.57 Å². The van der Waals surface area contributed by atoms with E-state index in [1.165, 1.54) is 0 Å². The van der Waals surface area contributed by atoms with Crippen LogP contribution in [0.3, 0.4) is 0 Å². The van der Waals surface area contributed by atoms with Gasteiger partial charge in [0.25, 0.3) is 5.91 Å². The van der Waals surface area contributed by atoms with Crippen LogP contribution in [0.25, 0.3) is 0 Å². The molecule has 19 heavy (non-hydrogen) atoms. The molecule has 0 aromatic carbocycles. The quantitative estimate of drug-likeness (QED) is 0.755. The summed E-state index contributed by atoms with van der Waals surface area (Å²) < 4.78 is 1.88. The number of aliphatic hydroxyl groups excluding tert-OH is 1. The van der Waals surface area contributed by atoms with Crippen molar-refractivity contribution in [1.82, 2.24) is 9.88 Å². The first-order valence-electron chi connectivity index (χ1n) is 6.99. The first-order valence-corrected chi connectivity index (χ1v) is 6.99. The Morgan fingerprint density at radius 2 is 2.21 bits per heavy atom. The lowest BCUT2D eigenvalue weighted by atomic mass is 9.99. The van der Waals surface area contributed by atoms with Gasteiger partial charge in [0.05, 0.1) is 17.8 Å². The Balaban J connectivity index is 2.15. The van der Waals surface area contributed by atoms with Crippen molar-refractivity contribution < 1.29 is 9.90 Å². The number of carbonyl (C=O) groups excluding carboxylic acids is 1. The number of nitrogen functional groups attached to an aromatic ring is 1. The molecule has 4 N–H and O–H groups in total. The first-order chi connectivity index (χ1) is 9.10. The van der Waals surface area contributed by atoms with E-state index in [0.29, 0.717) is 11.4 Å². The lowest BCUT2D eigenvalue weighted by molar-refractivity contribution is 0.0829. The Hall–Kier alpha value is -1.49. The Labute approximate surface area is 113 Å². The van der Waals surface area contributed by atoms with Gasteiger partial charge in [-0.05, 0) is 25.3 Å². The van der Waals surface area contributed by atoms with Gasteiger partial charge < -0.3 is 20.7 Å². The molecule has 5 nitrogen and oxygen atoms in total. The normalized spacial score (nSPS) is 17.6. The molecule has 0 aliphatic heterocycles. The topological polar surface area (TPSA) is 80.3 Å². The second-order valence-electron chi connectivity index (χ2n) is 5.45. The van der Waals surface area contributed by atoms with E-state index in [9.17, 15) is 9.90 Å². The maximum absolute atomic E-state index is 12.4. The molecule has 106 valence electrons.